The van der Waals surface area contributed by atoms with E-state index < -0.39 is 0 Å². The second kappa shape index (κ2) is 8.18. The smallest absolute Gasteiger partial charge is 0.131 e. The van der Waals surface area contributed by atoms with Gasteiger partial charge >= 0.3 is 0 Å². The van der Waals surface area contributed by atoms with Gasteiger partial charge in [0.15, 0.2) is 0 Å². The van der Waals surface area contributed by atoms with Crippen molar-refractivity contribution >= 4 is 0 Å². The summed E-state index contributed by atoms with van der Waals surface area (Å²) < 4.78 is 27.8. The standard InChI is InChI=1S/C26H20F2/c27-24-14-11-19(12-15-24)9-10-20-5-4-8-23(17-20)25-16-13-22(18-26(25)28)21-6-2-1-3-7-21/h1-8,11-18H,9-10H2. The molecule has 2 heteroatoms. The van der Waals surface area contributed by atoms with E-state index in [2.05, 4.69) is 0 Å². The summed E-state index contributed by atoms with van der Waals surface area (Å²) in [6, 6.07) is 29.7. The molecule has 4 aromatic rings. The van der Waals surface area contributed by atoms with Gasteiger partial charge in [-0.2, -0.15) is 0 Å². The fourth-order valence-electron chi connectivity index (χ4n) is 3.39. The van der Waals surface area contributed by atoms with Gasteiger partial charge in [0, 0.05) is 5.56 Å². The summed E-state index contributed by atoms with van der Waals surface area (Å²) in [4.78, 5) is 0. The maximum Gasteiger partial charge on any atom is 0.131 e. The molecule has 0 bridgehead atoms. The number of halogens is 2. The van der Waals surface area contributed by atoms with Crippen LogP contribution in [0.25, 0.3) is 22.3 Å². The van der Waals surface area contributed by atoms with Crippen LogP contribution in [0.4, 0.5) is 8.78 Å². The van der Waals surface area contributed by atoms with E-state index in [-0.39, 0.29) is 11.6 Å². The monoisotopic (exact) mass is 370 g/mol. The average molecular weight is 370 g/mol. The normalized spacial score (nSPS) is 10.8. The van der Waals surface area contributed by atoms with Gasteiger partial charge in [0.2, 0.25) is 0 Å². The molecule has 0 fully saturated rings. The molecule has 0 atom stereocenters. The van der Waals surface area contributed by atoms with Gasteiger partial charge in [0.05, 0.1) is 0 Å². The van der Waals surface area contributed by atoms with Crippen molar-refractivity contribution in [1.29, 1.82) is 0 Å². The summed E-state index contributed by atoms with van der Waals surface area (Å²) in [5.41, 5.74) is 5.56. The van der Waals surface area contributed by atoms with Gasteiger partial charge in [0.25, 0.3) is 0 Å². The van der Waals surface area contributed by atoms with Gasteiger partial charge in [-0.05, 0) is 58.9 Å². The van der Waals surface area contributed by atoms with E-state index in [1.165, 1.54) is 12.1 Å². The number of aryl methyl sites for hydroxylation is 2. The lowest BCUT2D eigenvalue weighted by atomic mass is 9.97. The van der Waals surface area contributed by atoms with Crippen LogP contribution in [0.15, 0.2) is 97.1 Å². The predicted octanol–water partition coefficient (Wildman–Crippen LogP) is 7.08. The fraction of sp³-hybridized carbons (Fsp3) is 0.0769. The lowest BCUT2D eigenvalue weighted by Gasteiger charge is -2.09. The highest BCUT2D eigenvalue weighted by Crippen LogP contribution is 2.28. The lowest BCUT2D eigenvalue weighted by molar-refractivity contribution is 0.627. The molecular formula is C26H20F2. The van der Waals surface area contributed by atoms with Crippen LogP contribution < -0.4 is 0 Å². The molecule has 4 aromatic carbocycles. The molecule has 138 valence electrons. The van der Waals surface area contributed by atoms with Crippen LogP contribution in [0, 0.1) is 11.6 Å². The minimum absolute atomic E-state index is 0.222. The average Bonchev–Trinajstić information content (AvgIpc) is 2.74. The molecule has 0 aliphatic heterocycles. The third-order valence-corrected chi connectivity index (χ3v) is 4.93. The highest BCUT2D eigenvalue weighted by Gasteiger charge is 2.08. The van der Waals surface area contributed by atoms with Crippen molar-refractivity contribution < 1.29 is 8.78 Å². The van der Waals surface area contributed by atoms with Crippen molar-refractivity contribution in [2.24, 2.45) is 0 Å². The third kappa shape index (κ3) is 4.17. The summed E-state index contributed by atoms with van der Waals surface area (Å²) in [6.07, 6.45) is 1.64. The zero-order valence-electron chi connectivity index (χ0n) is 15.4. The topological polar surface area (TPSA) is 0 Å². The van der Waals surface area contributed by atoms with E-state index in [9.17, 15) is 8.78 Å². The van der Waals surface area contributed by atoms with Gasteiger partial charge in [-0.15, -0.1) is 0 Å². The maximum atomic E-state index is 14.8. The van der Waals surface area contributed by atoms with E-state index in [1.54, 1.807) is 18.2 Å². The zero-order chi connectivity index (χ0) is 19.3. The molecule has 0 N–H and O–H groups in total. The molecule has 0 aliphatic carbocycles. The van der Waals surface area contributed by atoms with Crippen molar-refractivity contribution in [2.45, 2.75) is 12.8 Å². The van der Waals surface area contributed by atoms with Crippen LogP contribution in [0.2, 0.25) is 0 Å². The van der Waals surface area contributed by atoms with Gasteiger partial charge < -0.3 is 0 Å². The van der Waals surface area contributed by atoms with E-state index in [0.29, 0.717) is 5.56 Å². The molecule has 0 aromatic heterocycles. The Hall–Kier alpha value is -3.26. The van der Waals surface area contributed by atoms with Crippen molar-refractivity contribution in [3.63, 3.8) is 0 Å². The van der Waals surface area contributed by atoms with Gasteiger partial charge in [-0.1, -0.05) is 78.9 Å². The first-order valence-corrected chi connectivity index (χ1v) is 9.38. The summed E-state index contributed by atoms with van der Waals surface area (Å²) in [7, 11) is 0. The van der Waals surface area contributed by atoms with Crippen LogP contribution in [-0.4, -0.2) is 0 Å². The van der Waals surface area contributed by atoms with E-state index in [0.717, 1.165) is 40.7 Å². The van der Waals surface area contributed by atoms with Gasteiger partial charge in [0.1, 0.15) is 11.6 Å². The Morgan fingerprint density at radius 3 is 1.96 bits per heavy atom. The van der Waals surface area contributed by atoms with E-state index in [1.807, 2.05) is 66.7 Å². The summed E-state index contributed by atoms with van der Waals surface area (Å²) in [6.45, 7) is 0. The molecule has 0 saturated heterocycles. The van der Waals surface area contributed by atoms with Crippen molar-refractivity contribution in [2.75, 3.05) is 0 Å². The molecule has 0 spiro atoms. The highest BCUT2D eigenvalue weighted by atomic mass is 19.1. The molecule has 0 aliphatic rings. The Kier molecular flexibility index (Phi) is 5.29. The minimum Gasteiger partial charge on any atom is -0.207 e. The largest absolute Gasteiger partial charge is 0.207 e. The SMILES string of the molecule is Fc1ccc(CCc2cccc(-c3ccc(-c4ccccc4)cc3F)c2)cc1. The molecule has 0 saturated carbocycles. The summed E-state index contributed by atoms with van der Waals surface area (Å²) >= 11 is 0. The van der Waals surface area contributed by atoms with Gasteiger partial charge in [-0.3, -0.25) is 0 Å². The molecule has 0 radical (unpaired) electrons. The molecular weight excluding hydrogens is 350 g/mol. The Morgan fingerprint density at radius 2 is 1.21 bits per heavy atom. The summed E-state index contributed by atoms with van der Waals surface area (Å²) in [5, 5.41) is 0. The van der Waals surface area contributed by atoms with Crippen molar-refractivity contribution in [3.8, 4) is 22.3 Å². The second-order valence-corrected chi connectivity index (χ2v) is 6.89. The molecule has 28 heavy (non-hydrogen) atoms. The lowest BCUT2D eigenvalue weighted by Crippen LogP contribution is -1.93. The first-order valence-electron chi connectivity index (χ1n) is 9.38. The maximum absolute atomic E-state index is 14.8. The van der Waals surface area contributed by atoms with Gasteiger partial charge in [-0.25, -0.2) is 8.78 Å². The summed E-state index contributed by atoms with van der Waals surface area (Å²) in [5.74, 6) is -0.447. The molecule has 0 nitrogen and oxygen atoms in total. The first kappa shape index (κ1) is 18.1. The first-order chi connectivity index (χ1) is 13.7. The number of hydrogen-bond donors (Lipinski definition) is 0. The number of rotatable bonds is 5. The molecule has 0 heterocycles. The van der Waals surface area contributed by atoms with E-state index in [4.69, 9.17) is 0 Å². The molecule has 4 rings (SSSR count). The Morgan fingerprint density at radius 1 is 0.500 bits per heavy atom. The highest BCUT2D eigenvalue weighted by molar-refractivity contribution is 5.71. The number of benzene rings is 4. The van der Waals surface area contributed by atoms with Crippen LogP contribution >= 0.6 is 0 Å². The zero-order valence-corrected chi connectivity index (χ0v) is 15.4. The van der Waals surface area contributed by atoms with Crippen molar-refractivity contribution in [3.05, 3.63) is 120 Å². The van der Waals surface area contributed by atoms with E-state index >= 15 is 0 Å². The second-order valence-electron chi connectivity index (χ2n) is 6.89. The number of hydrogen-bond acceptors (Lipinski definition) is 0. The van der Waals surface area contributed by atoms with Crippen LogP contribution in [0.3, 0.4) is 0 Å². The van der Waals surface area contributed by atoms with Crippen molar-refractivity contribution in [1.82, 2.24) is 0 Å². The van der Waals surface area contributed by atoms with Crippen LogP contribution in [0.1, 0.15) is 11.1 Å². The third-order valence-electron chi connectivity index (χ3n) is 4.93. The Balaban J connectivity index is 1.54. The Labute approximate surface area is 164 Å². The predicted molar refractivity (Wildman–Crippen MR) is 111 cm³/mol. The fourth-order valence-corrected chi connectivity index (χ4v) is 3.39. The molecule has 0 unspecified atom stereocenters. The molecule has 0 amide bonds. The van der Waals surface area contributed by atoms with Crippen LogP contribution in [0.5, 0.6) is 0 Å². The Bertz CT molecular complexity index is 1070. The minimum atomic E-state index is -0.225. The van der Waals surface area contributed by atoms with Crippen LogP contribution in [-0.2, 0) is 12.8 Å². The quantitative estimate of drug-likeness (QED) is 0.352.